The third kappa shape index (κ3) is 2.96. The van der Waals surface area contributed by atoms with Crippen molar-refractivity contribution in [2.45, 2.75) is 0 Å². The van der Waals surface area contributed by atoms with E-state index < -0.39 is 5.97 Å². The van der Waals surface area contributed by atoms with E-state index in [4.69, 9.17) is 15.2 Å². The summed E-state index contributed by atoms with van der Waals surface area (Å²) < 4.78 is 10.1. The minimum Gasteiger partial charge on any atom is -0.465 e. The molecule has 0 spiro atoms. The smallest absolute Gasteiger partial charge is 0.343 e. The van der Waals surface area contributed by atoms with E-state index in [0.29, 0.717) is 36.2 Å². The lowest BCUT2D eigenvalue weighted by Crippen LogP contribution is -2.36. The molecule has 0 saturated carbocycles. The molecule has 1 saturated heterocycles. The summed E-state index contributed by atoms with van der Waals surface area (Å²) in [6.45, 7) is 2.46. The number of carbonyl (C=O) groups is 2. The zero-order valence-corrected chi connectivity index (χ0v) is 13.2. The molecule has 2 heterocycles. The van der Waals surface area contributed by atoms with Crippen molar-refractivity contribution in [1.29, 1.82) is 0 Å². The van der Waals surface area contributed by atoms with Gasteiger partial charge in [0.15, 0.2) is 0 Å². The Kier molecular flexibility index (Phi) is 4.69. The molecule has 0 radical (unpaired) electrons. The number of hydrogen-bond acceptors (Lipinski definition) is 7. The number of carbonyl (C=O) groups excluding carboxylic acids is 2. The van der Waals surface area contributed by atoms with Crippen LogP contribution in [0.5, 0.6) is 0 Å². The third-order valence-electron chi connectivity index (χ3n) is 3.21. The van der Waals surface area contributed by atoms with Crippen molar-refractivity contribution in [2.75, 3.05) is 58.1 Å². The number of ether oxygens (including phenoxy) is 2. The molecular formula is C13H19N3O4S. The molecule has 1 fully saturated rings. The maximum absolute atomic E-state index is 12.2. The van der Waals surface area contributed by atoms with Crippen molar-refractivity contribution >= 4 is 33.9 Å². The molecule has 0 unspecified atom stereocenters. The number of nitrogens with two attached hydrogens (primary N) is 1. The average molecular weight is 313 g/mol. The summed E-state index contributed by atoms with van der Waals surface area (Å²) in [4.78, 5) is 28.0. The van der Waals surface area contributed by atoms with Gasteiger partial charge >= 0.3 is 5.97 Å². The molecule has 1 aliphatic rings. The quantitative estimate of drug-likeness (QED) is 0.825. The van der Waals surface area contributed by atoms with Crippen LogP contribution in [0.15, 0.2) is 0 Å². The summed E-state index contributed by atoms with van der Waals surface area (Å²) in [6, 6.07) is 0. The molecule has 0 aromatic carbocycles. The van der Waals surface area contributed by atoms with Crippen molar-refractivity contribution in [3.8, 4) is 0 Å². The zero-order valence-electron chi connectivity index (χ0n) is 12.3. The Morgan fingerprint density at radius 1 is 1.33 bits per heavy atom. The number of nitrogens with zero attached hydrogens (tertiary/aromatic N) is 2. The number of anilines is 2. The van der Waals surface area contributed by atoms with Crippen LogP contribution >= 0.6 is 11.3 Å². The molecule has 1 amide bonds. The molecule has 7 nitrogen and oxygen atoms in total. The number of rotatable bonds is 3. The van der Waals surface area contributed by atoms with Crippen LogP contribution in [0.4, 0.5) is 10.7 Å². The number of hydrogen-bond donors (Lipinski definition) is 1. The van der Waals surface area contributed by atoms with Crippen molar-refractivity contribution in [1.82, 2.24) is 4.90 Å². The van der Waals surface area contributed by atoms with E-state index in [-0.39, 0.29) is 17.2 Å². The van der Waals surface area contributed by atoms with Gasteiger partial charge in [-0.15, -0.1) is 11.3 Å². The fourth-order valence-corrected chi connectivity index (χ4v) is 3.36. The van der Waals surface area contributed by atoms with Gasteiger partial charge in [0.2, 0.25) is 0 Å². The highest BCUT2D eigenvalue weighted by molar-refractivity contribution is 7.19. The average Bonchev–Trinajstić information content (AvgIpc) is 2.84. The second-order valence-corrected chi connectivity index (χ2v) is 5.81. The monoisotopic (exact) mass is 313 g/mol. The molecule has 1 aromatic rings. The molecule has 0 bridgehead atoms. The number of morpholine rings is 1. The number of thiophene rings is 1. The van der Waals surface area contributed by atoms with Gasteiger partial charge in [-0.25, -0.2) is 4.79 Å². The maximum atomic E-state index is 12.2. The van der Waals surface area contributed by atoms with Crippen LogP contribution in [0, 0.1) is 0 Å². The molecule has 0 atom stereocenters. The van der Waals surface area contributed by atoms with E-state index in [2.05, 4.69) is 0 Å². The molecule has 116 valence electrons. The maximum Gasteiger partial charge on any atom is 0.343 e. The summed E-state index contributed by atoms with van der Waals surface area (Å²) in [5, 5.41) is 0.674. The Bertz CT molecular complexity index is 550. The zero-order chi connectivity index (χ0) is 15.6. The second kappa shape index (κ2) is 6.31. The first-order valence-corrected chi connectivity index (χ1v) is 7.34. The highest BCUT2D eigenvalue weighted by Gasteiger charge is 2.30. The first-order valence-electron chi connectivity index (χ1n) is 6.52. The van der Waals surface area contributed by atoms with E-state index in [9.17, 15) is 9.59 Å². The van der Waals surface area contributed by atoms with Gasteiger partial charge in [0.25, 0.3) is 5.91 Å². The van der Waals surface area contributed by atoms with Gasteiger partial charge < -0.3 is 25.0 Å². The summed E-state index contributed by atoms with van der Waals surface area (Å²) in [5.74, 6) is -0.745. The van der Waals surface area contributed by atoms with Crippen LogP contribution in [0.1, 0.15) is 20.0 Å². The Balaban J connectivity index is 2.49. The summed E-state index contributed by atoms with van der Waals surface area (Å²) in [7, 11) is 4.59. The number of esters is 1. The predicted octanol–water partition coefficient (Wildman–Crippen LogP) is 0.655. The van der Waals surface area contributed by atoms with Crippen LogP contribution in [0.25, 0.3) is 0 Å². The van der Waals surface area contributed by atoms with Gasteiger partial charge in [0.1, 0.15) is 15.4 Å². The minimum absolute atomic E-state index is 0.187. The predicted molar refractivity (Wildman–Crippen MR) is 81.1 cm³/mol. The van der Waals surface area contributed by atoms with Gasteiger partial charge in [-0.05, 0) is 0 Å². The number of amides is 1. The van der Waals surface area contributed by atoms with Crippen LogP contribution in [-0.4, -0.2) is 64.3 Å². The second-order valence-electron chi connectivity index (χ2n) is 4.82. The number of methoxy groups -OCH3 is 1. The lowest BCUT2D eigenvalue weighted by Gasteiger charge is -2.28. The Hall–Kier alpha value is -1.80. The lowest BCUT2D eigenvalue weighted by molar-refractivity contribution is 0.0602. The van der Waals surface area contributed by atoms with Gasteiger partial charge in [0.05, 0.1) is 26.0 Å². The Morgan fingerprint density at radius 2 is 1.95 bits per heavy atom. The Morgan fingerprint density at radius 3 is 2.48 bits per heavy atom. The van der Waals surface area contributed by atoms with Crippen molar-refractivity contribution in [3.63, 3.8) is 0 Å². The van der Waals surface area contributed by atoms with E-state index in [1.54, 1.807) is 14.1 Å². The summed E-state index contributed by atoms with van der Waals surface area (Å²) >= 11 is 1.23. The molecule has 8 heteroatoms. The van der Waals surface area contributed by atoms with E-state index >= 15 is 0 Å². The van der Waals surface area contributed by atoms with Crippen LogP contribution in [0.2, 0.25) is 0 Å². The lowest BCUT2D eigenvalue weighted by atomic mass is 10.2. The number of nitrogen functional groups attached to an aromatic ring is 1. The highest BCUT2D eigenvalue weighted by Crippen LogP contribution is 2.39. The molecule has 1 aromatic heterocycles. The van der Waals surface area contributed by atoms with Crippen molar-refractivity contribution in [2.24, 2.45) is 0 Å². The minimum atomic E-state index is -0.525. The molecule has 2 N–H and O–H groups in total. The molecule has 2 rings (SSSR count). The van der Waals surface area contributed by atoms with Crippen LogP contribution in [-0.2, 0) is 9.47 Å². The first kappa shape index (κ1) is 15.6. The van der Waals surface area contributed by atoms with Gasteiger partial charge in [-0.1, -0.05) is 0 Å². The van der Waals surface area contributed by atoms with E-state index in [1.165, 1.54) is 23.3 Å². The summed E-state index contributed by atoms with van der Waals surface area (Å²) in [5.41, 5.74) is 6.49. The molecule has 0 aliphatic carbocycles. The van der Waals surface area contributed by atoms with Gasteiger partial charge in [-0.2, -0.15) is 0 Å². The topological polar surface area (TPSA) is 85.1 Å². The fourth-order valence-electron chi connectivity index (χ4n) is 2.08. The van der Waals surface area contributed by atoms with Crippen molar-refractivity contribution < 1.29 is 19.1 Å². The van der Waals surface area contributed by atoms with Crippen LogP contribution < -0.4 is 10.6 Å². The van der Waals surface area contributed by atoms with E-state index in [1.807, 2.05) is 4.90 Å². The van der Waals surface area contributed by atoms with Gasteiger partial charge in [0, 0.05) is 27.2 Å². The fraction of sp³-hybridized carbons (Fsp3) is 0.538. The SMILES string of the molecule is COC(=O)c1c(N2CCOCC2)sc(C(=O)N(C)C)c1N. The largest absolute Gasteiger partial charge is 0.465 e. The molecule has 21 heavy (non-hydrogen) atoms. The molecule has 1 aliphatic heterocycles. The Labute approximate surface area is 127 Å². The van der Waals surface area contributed by atoms with E-state index in [0.717, 1.165) is 0 Å². The normalized spacial score (nSPS) is 14.9. The van der Waals surface area contributed by atoms with Crippen molar-refractivity contribution in [3.05, 3.63) is 10.4 Å². The van der Waals surface area contributed by atoms with Crippen LogP contribution in [0.3, 0.4) is 0 Å². The highest BCUT2D eigenvalue weighted by atomic mass is 32.1. The van der Waals surface area contributed by atoms with Gasteiger partial charge in [-0.3, -0.25) is 4.79 Å². The third-order valence-corrected chi connectivity index (χ3v) is 4.47. The standard InChI is InChI=1S/C13H19N3O4S/c1-15(2)11(17)10-9(14)8(13(18)19-3)12(21-10)16-4-6-20-7-5-16/h4-7,14H2,1-3H3. The first-order chi connectivity index (χ1) is 9.97. The molecular weight excluding hydrogens is 294 g/mol. The summed E-state index contributed by atoms with van der Waals surface area (Å²) in [6.07, 6.45) is 0.